The van der Waals surface area contributed by atoms with E-state index in [1.165, 1.54) is 7.11 Å². The number of methoxy groups -OCH3 is 1. The Morgan fingerprint density at radius 1 is 1.50 bits per heavy atom. The lowest BCUT2D eigenvalue weighted by Crippen LogP contribution is -2.05. The highest BCUT2D eigenvalue weighted by Crippen LogP contribution is 1.89. The third kappa shape index (κ3) is 7.43. The molecule has 0 aliphatic heterocycles. The molecule has 0 aromatic rings. The minimum Gasteiger partial charge on any atom is -0.438 e. The molecule has 0 spiro atoms. The highest BCUT2D eigenvalue weighted by atomic mass is 16.7. The molecule has 3 heteroatoms. The van der Waals surface area contributed by atoms with Gasteiger partial charge in [-0.3, -0.25) is 4.79 Å². The predicted octanol–water partition coefficient (Wildman–Crippen LogP) is 1.57. The number of hydrogen-bond donors (Lipinski definition) is 0. The number of carbonyl (C=O) groups excluding carboxylic acids is 1. The summed E-state index contributed by atoms with van der Waals surface area (Å²) in [5.74, 6) is -0.195. The van der Waals surface area contributed by atoms with E-state index in [1.807, 2.05) is 6.92 Å². The maximum Gasteiger partial charge on any atom is 0.307 e. The maximum absolute atomic E-state index is 10.5. The zero-order valence-electron chi connectivity index (χ0n) is 5.85. The average Bonchev–Trinajstić information content (AvgIpc) is 1.85. The molecule has 0 bridgehead atoms. The lowest BCUT2D eigenvalue weighted by Gasteiger charge is -1.99. The summed E-state index contributed by atoms with van der Waals surface area (Å²) >= 11 is 0. The largest absolute Gasteiger partial charge is 0.438 e. The van der Waals surface area contributed by atoms with Gasteiger partial charge in [0.25, 0.3) is 0 Å². The molecule has 0 saturated heterocycles. The molecule has 0 fully saturated rings. The van der Waals surface area contributed by atoms with Crippen LogP contribution >= 0.6 is 0 Å². The second kappa shape index (κ2) is 8.43. The normalized spacial score (nSPS) is 8.20. The van der Waals surface area contributed by atoms with E-state index in [9.17, 15) is 4.79 Å². The predicted molar refractivity (Wildman–Crippen MR) is 39.6 cm³/mol. The van der Waals surface area contributed by atoms with Gasteiger partial charge in [-0.05, 0) is 6.42 Å². The van der Waals surface area contributed by atoms with Crippen molar-refractivity contribution >= 4 is 5.97 Å². The molecule has 0 atom stereocenters. The van der Waals surface area contributed by atoms with E-state index in [0.717, 1.165) is 6.42 Å². The van der Waals surface area contributed by atoms with E-state index in [0.29, 0.717) is 6.42 Å². The van der Waals surface area contributed by atoms with Crippen LogP contribution in [0.4, 0.5) is 0 Å². The molecule has 0 aliphatic rings. The van der Waals surface area contributed by atoms with Crippen LogP contribution < -0.4 is 0 Å². The van der Waals surface area contributed by atoms with Crippen LogP contribution in [0.5, 0.6) is 0 Å². The lowest BCUT2D eigenvalue weighted by atomic mass is 10.3. The monoisotopic (exact) mass is 148 g/mol. The van der Waals surface area contributed by atoms with Gasteiger partial charge in [0.05, 0.1) is 0 Å². The van der Waals surface area contributed by atoms with Crippen molar-refractivity contribution in [2.24, 2.45) is 0 Å². The molecular formula is C7H16O3. The fourth-order valence-electron chi connectivity index (χ4n) is 0.401. The van der Waals surface area contributed by atoms with E-state index < -0.39 is 0 Å². The fourth-order valence-corrected chi connectivity index (χ4v) is 0.401. The first-order chi connectivity index (χ1) is 4.31. The highest BCUT2D eigenvalue weighted by molar-refractivity contribution is 5.69. The molecule has 0 radical (unpaired) electrons. The molecule has 0 aliphatic carbocycles. The van der Waals surface area contributed by atoms with Gasteiger partial charge < -0.3 is 9.47 Å². The van der Waals surface area contributed by atoms with E-state index in [2.05, 4.69) is 9.47 Å². The van der Waals surface area contributed by atoms with Gasteiger partial charge in [0.15, 0.2) is 6.79 Å². The number of ether oxygens (including phenoxy) is 2. The van der Waals surface area contributed by atoms with Crippen LogP contribution in [0.15, 0.2) is 0 Å². The maximum atomic E-state index is 10.5. The number of carbonyl (C=O) groups is 1. The first kappa shape index (κ1) is 12.1. The van der Waals surface area contributed by atoms with Gasteiger partial charge in [-0.1, -0.05) is 14.4 Å². The Morgan fingerprint density at radius 3 is 2.50 bits per heavy atom. The molecule has 0 unspecified atom stereocenters. The SMILES string of the molecule is C.CCCC(=O)OCOC. The first-order valence-electron chi connectivity index (χ1n) is 2.95. The van der Waals surface area contributed by atoms with Crippen molar-refractivity contribution in [1.29, 1.82) is 0 Å². The molecule has 0 aromatic carbocycles. The van der Waals surface area contributed by atoms with Crippen LogP contribution in [0.1, 0.15) is 27.2 Å². The van der Waals surface area contributed by atoms with Crippen LogP contribution in [-0.2, 0) is 14.3 Å². The number of rotatable bonds is 4. The third-order valence-corrected chi connectivity index (χ3v) is 0.792. The lowest BCUT2D eigenvalue weighted by molar-refractivity contribution is -0.154. The van der Waals surface area contributed by atoms with Crippen molar-refractivity contribution in [3.8, 4) is 0 Å². The quantitative estimate of drug-likeness (QED) is 0.448. The van der Waals surface area contributed by atoms with E-state index in [4.69, 9.17) is 0 Å². The van der Waals surface area contributed by atoms with Gasteiger partial charge in [-0.25, -0.2) is 0 Å². The second-order valence-electron chi connectivity index (χ2n) is 1.67. The van der Waals surface area contributed by atoms with Crippen LogP contribution in [-0.4, -0.2) is 19.9 Å². The Balaban J connectivity index is 0. The molecule has 10 heavy (non-hydrogen) atoms. The molecule has 62 valence electrons. The van der Waals surface area contributed by atoms with Crippen molar-refractivity contribution in [2.75, 3.05) is 13.9 Å². The minimum absolute atomic E-state index is 0. The smallest absolute Gasteiger partial charge is 0.307 e. The summed E-state index contributed by atoms with van der Waals surface area (Å²) in [6, 6.07) is 0. The third-order valence-electron chi connectivity index (χ3n) is 0.792. The Hall–Kier alpha value is -0.570. The first-order valence-corrected chi connectivity index (χ1v) is 2.95. The Kier molecular flexibility index (Phi) is 10.2. The minimum atomic E-state index is -0.195. The summed E-state index contributed by atoms with van der Waals surface area (Å²) in [4.78, 5) is 10.5. The van der Waals surface area contributed by atoms with Crippen molar-refractivity contribution < 1.29 is 14.3 Å². The molecule has 0 heterocycles. The van der Waals surface area contributed by atoms with Crippen molar-refractivity contribution in [2.45, 2.75) is 27.2 Å². The topological polar surface area (TPSA) is 35.5 Å². The summed E-state index contributed by atoms with van der Waals surface area (Å²) in [5.41, 5.74) is 0. The molecule has 3 nitrogen and oxygen atoms in total. The van der Waals surface area contributed by atoms with Crippen molar-refractivity contribution in [1.82, 2.24) is 0 Å². The van der Waals surface area contributed by atoms with Crippen molar-refractivity contribution in [3.05, 3.63) is 0 Å². The zero-order chi connectivity index (χ0) is 7.11. The van der Waals surface area contributed by atoms with Crippen LogP contribution in [0, 0.1) is 0 Å². The number of hydrogen-bond acceptors (Lipinski definition) is 3. The number of esters is 1. The Morgan fingerprint density at radius 2 is 2.10 bits per heavy atom. The van der Waals surface area contributed by atoms with Crippen LogP contribution in [0.2, 0.25) is 0 Å². The second-order valence-corrected chi connectivity index (χ2v) is 1.67. The summed E-state index contributed by atoms with van der Waals surface area (Å²) < 4.78 is 9.09. The molecule has 0 saturated carbocycles. The van der Waals surface area contributed by atoms with Crippen molar-refractivity contribution in [3.63, 3.8) is 0 Å². The Labute approximate surface area is 62.3 Å². The average molecular weight is 148 g/mol. The van der Waals surface area contributed by atoms with E-state index in [1.54, 1.807) is 0 Å². The van der Waals surface area contributed by atoms with E-state index >= 15 is 0 Å². The van der Waals surface area contributed by atoms with E-state index in [-0.39, 0.29) is 20.2 Å². The van der Waals surface area contributed by atoms with Gasteiger partial charge in [0.2, 0.25) is 0 Å². The summed E-state index contributed by atoms with van der Waals surface area (Å²) in [7, 11) is 1.49. The fraction of sp³-hybridized carbons (Fsp3) is 0.857. The molecular weight excluding hydrogens is 132 g/mol. The van der Waals surface area contributed by atoms with Gasteiger partial charge >= 0.3 is 5.97 Å². The Bertz CT molecular complexity index is 80.9. The molecule has 0 N–H and O–H groups in total. The molecule has 0 amide bonds. The van der Waals surface area contributed by atoms with Gasteiger partial charge in [-0.15, -0.1) is 0 Å². The van der Waals surface area contributed by atoms with Gasteiger partial charge in [-0.2, -0.15) is 0 Å². The summed E-state index contributed by atoms with van der Waals surface area (Å²) in [6.45, 7) is 1.99. The van der Waals surface area contributed by atoms with Gasteiger partial charge in [0, 0.05) is 13.5 Å². The summed E-state index contributed by atoms with van der Waals surface area (Å²) in [5, 5.41) is 0. The molecule has 0 aromatic heterocycles. The summed E-state index contributed by atoms with van der Waals surface area (Å²) in [6.07, 6.45) is 1.30. The zero-order valence-corrected chi connectivity index (χ0v) is 5.85. The van der Waals surface area contributed by atoms with Crippen LogP contribution in [0.25, 0.3) is 0 Å². The van der Waals surface area contributed by atoms with Gasteiger partial charge in [0.1, 0.15) is 0 Å². The molecule has 0 rings (SSSR count). The highest BCUT2D eigenvalue weighted by Gasteiger charge is 1.97. The standard InChI is InChI=1S/C6H12O3.CH4/c1-3-4-6(7)9-5-8-2;/h3-5H2,1-2H3;1H4. The van der Waals surface area contributed by atoms with Crippen LogP contribution in [0.3, 0.4) is 0 Å².